The molecule has 0 aromatic heterocycles. The molecule has 1 aliphatic carbocycles. The zero-order chi connectivity index (χ0) is 14.0. The van der Waals surface area contributed by atoms with Crippen LogP contribution in [0.15, 0.2) is 18.2 Å². The van der Waals surface area contributed by atoms with Crippen molar-refractivity contribution in [3.05, 3.63) is 23.2 Å². The summed E-state index contributed by atoms with van der Waals surface area (Å²) in [6.45, 7) is 4.73. The van der Waals surface area contributed by atoms with E-state index in [0.717, 1.165) is 28.2 Å². The van der Waals surface area contributed by atoms with Crippen LogP contribution in [-0.2, 0) is 0 Å². The fraction of sp³-hybridized carbons (Fsp3) is 0.625. The Balaban J connectivity index is 2.13. The molecule has 0 spiro atoms. The molecule has 2 rings (SSSR count). The lowest BCUT2D eigenvalue weighted by Crippen LogP contribution is -2.30. The number of hydrogen-bond donors (Lipinski definition) is 1. The molecular weight excluding hydrogens is 256 g/mol. The number of halogens is 1. The molecule has 3 atom stereocenters. The van der Waals surface area contributed by atoms with Crippen molar-refractivity contribution in [2.24, 2.45) is 11.8 Å². The minimum Gasteiger partial charge on any atom is -0.381 e. The van der Waals surface area contributed by atoms with E-state index in [0.29, 0.717) is 6.04 Å². The molecule has 1 aliphatic rings. The molecule has 1 aromatic carbocycles. The maximum absolute atomic E-state index is 6.31. The van der Waals surface area contributed by atoms with Crippen molar-refractivity contribution in [3.63, 3.8) is 0 Å². The highest BCUT2D eigenvalue weighted by atomic mass is 35.5. The summed E-state index contributed by atoms with van der Waals surface area (Å²) in [5.74, 6) is 1.65. The summed E-state index contributed by atoms with van der Waals surface area (Å²) in [6.07, 6.45) is 3.82. The van der Waals surface area contributed by atoms with E-state index in [9.17, 15) is 0 Å². The summed E-state index contributed by atoms with van der Waals surface area (Å²) >= 11 is 6.31. The van der Waals surface area contributed by atoms with Crippen LogP contribution in [0.1, 0.15) is 33.1 Å². The van der Waals surface area contributed by atoms with Gasteiger partial charge in [-0.15, -0.1) is 0 Å². The van der Waals surface area contributed by atoms with Crippen LogP contribution in [0.25, 0.3) is 0 Å². The Morgan fingerprint density at radius 2 is 1.89 bits per heavy atom. The Bertz CT molecular complexity index is 431. The third-order valence-electron chi connectivity index (χ3n) is 4.39. The second-order valence-electron chi connectivity index (χ2n) is 6.14. The van der Waals surface area contributed by atoms with Gasteiger partial charge in [0.1, 0.15) is 0 Å². The van der Waals surface area contributed by atoms with Crippen LogP contribution >= 0.6 is 11.6 Å². The number of nitrogens with one attached hydrogen (secondary N) is 1. The maximum atomic E-state index is 6.31. The number of rotatable bonds is 3. The Morgan fingerprint density at radius 1 is 1.16 bits per heavy atom. The standard InChI is InChI=1S/C16H25ClN2/c1-11-8-9-13(10-12(11)2)18-15-7-5-6-14(17)16(15)19(3)4/h5-7,11-13,18H,8-10H2,1-4H3. The first kappa shape index (κ1) is 14.5. The maximum Gasteiger partial charge on any atom is 0.0786 e. The second-order valence-corrected chi connectivity index (χ2v) is 6.55. The zero-order valence-corrected chi connectivity index (χ0v) is 13.2. The summed E-state index contributed by atoms with van der Waals surface area (Å²) in [5.41, 5.74) is 2.25. The molecule has 19 heavy (non-hydrogen) atoms. The van der Waals surface area contributed by atoms with Crippen LogP contribution in [0.4, 0.5) is 11.4 Å². The first-order valence-corrected chi connectivity index (χ1v) is 7.59. The molecule has 3 unspecified atom stereocenters. The van der Waals surface area contributed by atoms with Crippen molar-refractivity contribution >= 4 is 23.0 Å². The smallest absolute Gasteiger partial charge is 0.0786 e. The van der Waals surface area contributed by atoms with Crippen LogP contribution < -0.4 is 10.2 Å². The van der Waals surface area contributed by atoms with Gasteiger partial charge in [-0.05, 0) is 43.2 Å². The van der Waals surface area contributed by atoms with E-state index in [2.05, 4.69) is 30.1 Å². The van der Waals surface area contributed by atoms with Crippen molar-refractivity contribution in [1.29, 1.82) is 0 Å². The number of benzene rings is 1. The molecule has 1 fully saturated rings. The fourth-order valence-electron chi connectivity index (χ4n) is 2.98. The predicted octanol–water partition coefficient (Wildman–Crippen LogP) is 4.64. The lowest BCUT2D eigenvalue weighted by atomic mass is 9.79. The third kappa shape index (κ3) is 3.36. The predicted molar refractivity (Wildman–Crippen MR) is 85.4 cm³/mol. The van der Waals surface area contributed by atoms with Gasteiger partial charge in [0.2, 0.25) is 0 Å². The van der Waals surface area contributed by atoms with Crippen LogP contribution in [0.3, 0.4) is 0 Å². The second kappa shape index (κ2) is 6.04. The lowest BCUT2D eigenvalue weighted by Gasteiger charge is -2.34. The minimum atomic E-state index is 0.573. The quantitative estimate of drug-likeness (QED) is 0.867. The molecular formula is C16H25ClN2. The molecule has 1 aromatic rings. The van der Waals surface area contributed by atoms with E-state index < -0.39 is 0 Å². The fourth-order valence-corrected chi connectivity index (χ4v) is 3.33. The highest BCUT2D eigenvalue weighted by molar-refractivity contribution is 6.34. The summed E-state index contributed by atoms with van der Waals surface area (Å²) in [7, 11) is 4.08. The molecule has 1 saturated carbocycles. The normalized spacial score (nSPS) is 27.1. The van der Waals surface area contributed by atoms with E-state index in [4.69, 9.17) is 11.6 Å². The van der Waals surface area contributed by atoms with Gasteiger partial charge in [0.05, 0.1) is 16.4 Å². The van der Waals surface area contributed by atoms with Crippen LogP contribution in [0.2, 0.25) is 5.02 Å². The highest BCUT2D eigenvalue weighted by Crippen LogP contribution is 2.36. The SMILES string of the molecule is CC1CCC(Nc2cccc(Cl)c2N(C)C)CC1C. The van der Waals surface area contributed by atoms with E-state index >= 15 is 0 Å². The molecule has 0 radical (unpaired) electrons. The number of para-hydroxylation sites is 1. The van der Waals surface area contributed by atoms with Crippen molar-refractivity contribution in [1.82, 2.24) is 0 Å². The van der Waals surface area contributed by atoms with E-state index in [-0.39, 0.29) is 0 Å². The van der Waals surface area contributed by atoms with Gasteiger partial charge >= 0.3 is 0 Å². The molecule has 0 aliphatic heterocycles. The van der Waals surface area contributed by atoms with E-state index in [1.54, 1.807) is 0 Å². The van der Waals surface area contributed by atoms with Gasteiger partial charge in [0.15, 0.2) is 0 Å². The number of nitrogens with zero attached hydrogens (tertiary/aromatic N) is 1. The van der Waals surface area contributed by atoms with Crippen LogP contribution in [0.5, 0.6) is 0 Å². The summed E-state index contributed by atoms with van der Waals surface area (Å²) in [5, 5.41) is 4.51. The monoisotopic (exact) mass is 280 g/mol. The van der Waals surface area contributed by atoms with Crippen molar-refractivity contribution in [2.75, 3.05) is 24.3 Å². The van der Waals surface area contributed by atoms with Crippen molar-refractivity contribution in [2.45, 2.75) is 39.2 Å². The first-order chi connectivity index (χ1) is 8.99. The molecule has 0 heterocycles. The topological polar surface area (TPSA) is 15.3 Å². The van der Waals surface area contributed by atoms with Gasteiger partial charge in [-0.1, -0.05) is 31.5 Å². The summed E-state index contributed by atoms with van der Waals surface area (Å²) in [6, 6.07) is 6.67. The molecule has 0 bridgehead atoms. The summed E-state index contributed by atoms with van der Waals surface area (Å²) in [4.78, 5) is 2.08. The van der Waals surface area contributed by atoms with E-state index in [1.165, 1.54) is 19.3 Å². The molecule has 2 nitrogen and oxygen atoms in total. The largest absolute Gasteiger partial charge is 0.381 e. The minimum absolute atomic E-state index is 0.573. The van der Waals surface area contributed by atoms with Crippen LogP contribution in [0, 0.1) is 11.8 Å². The molecule has 0 amide bonds. The van der Waals surface area contributed by atoms with Gasteiger partial charge < -0.3 is 10.2 Å². The van der Waals surface area contributed by atoms with Gasteiger partial charge in [0.25, 0.3) is 0 Å². The van der Waals surface area contributed by atoms with Gasteiger partial charge in [-0.25, -0.2) is 0 Å². The van der Waals surface area contributed by atoms with Crippen molar-refractivity contribution in [3.8, 4) is 0 Å². The highest BCUT2D eigenvalue weighted by Gasteiger charge is 2.25. The van der Waals surface area contributed by atoms with Gasteiger partial charge in [-0.3, -0.25) is 0 Å². The van der Waals surface area contributed by atoms with Gasteiger partial charge in [0, 0.05) is 20.1 Å². The first-order valence-electron chi connectivity index (χ1n) is 7.21. The molecule has 3 heteroatoms. The molecule has 106 valence electrons. The Morgan fingerprint density at radius 3 is 2.53 bits per heavy atom. The Hall–Kier alpha value is -0.890. The third-order valence-corrected chi connectivity index (χ3v) is 4.70. The van der Waals surface area contributed by atoms with Gasteiger partial charge in [-0.2, -0.15) is 0 Å². The average molecular weight is 281 g/mol. The zero-order valence-electron chi connectivity index (χ0n) is 12.4. The molecule has 1 N–H and O–H groups in total. The van der Waals surface area contributed by atoms with E-state index in [1.807, 2.05) is 26.2 Å². The molecule has 0 saturated heterocycles. The van der Waals surface area contributed by atoms with Crippen molar-refractivity contribution < 1.29 is 0 Å². The van der Waals surface area contributed by atoms with Crippen LogP contribution in [-0.4, -0.2) is 20.1 Å². The number of hydrogen-bond acceptors (Lipinski definition) is 2. The average Bonchev–Trinajstić information content (AvgIpc) is 2.33. The summed E-state index contributed by atoms with van der Waals surface area (Å²) < 4.78 is 0. The Labute approximate surface area is 122 Å². The number of anilines is 2. The Kier molecular flexibility index (Phi) is 4.62. The lowest BCUT2D eigenvalue weighted by molar-refractivity contribution is 0.261.